The van der Waals surface area contributed by atoms with Gasteiger partial charge >= 0.3 is 11.9 Å². The number of rotatable bonds is 1. The fourth-order valence-electron chi connectivity index (χ4n) is 1.41. The number of hydrogen-bond donors (Lipinski definition) is 0. The van der Waals surface area contributed by atoms with Crippen molar-refractivity contribution in [3.8, 4) is 0 Å². The summed E-state index contributed by atoms with van der Waals surface area (Å²) < 4.78 is 4.45. The van der Waals surface area contributed by atoms with Crippen LogP contribution in [0.5, 0.6) is 0 Å². The number of carbonyl (C=O) groups is 2. The quantitative estimate of drug-likeness (QED) is 0.477. The maximum Gasteiger partial charge on any atom is 0.321 e. The lowest BCUT2D eigenvalue weighted by Crippen LogP contribution is -2.04. The van der Waals surface area contributed by atoms with Crippen LogP contribution in [0.15, 0.2) is 30.3 Å². The smallest absolute Gasteiger partial charge is 0.321 e. The predicted octanol–water partition coefficient (Wildman–Crippen LogP) is 1.24. The normalized spacial score (nSPS) is 21.7. The van der Waals surface area contributed by atoms with Gasteiger partial charge in [-0.15, -0.1) is 0 Å². The zero-order chi connectivity index (χ0) is 9.26. The maximum absolute atomic E-state index is 11.1. The van der Waals surface area contributed by atoms with E-state index < -0.39 is 17.9 Å². The van der Waals surface area contributed by atoms with Crippen LogP contribution in [0, 0.1) is 0 Å². The molecule has 1 aromatic carbocycles. The van der Waals surface area contributed by atoms with Crippen molar-refractivity contribution in [1.29, 1.82) is 0 Å². The molecule has 0 saturated carbocycles. The molecule has 66 valence electrons. The van der Waals surface area contributed by atoms with Crippen molar-refractivity contribution in [2.75, 3.05) is 0 Å². The van der Waals surface area contributed by atoms with Crippen molar-refractivity contribution >= 4 is 11.9 Å². The van der Waals surface area contributed by atoms with Gasteiger partial charge in [-0.25, -0.2) is 0 Å². The van der Waals surface area contributed by atoms with Gasteiger partial charge in [0.15, 0.2) is 0 Å². The summed E-state index contributed by atoms with van der Waals surface area (Å²) in [4.78, 5) is 21.9. The molecule has 1 aromatic rings. The molecule has 1 heterocycles. The molecule has 0 bridgehead atoms. The summed E-state index contributed by atoms with van der Waals surface area (Å²) in [5, 5.41) is 0. The summed E-state index contributed by atoms with van der Waals surface area (Å²) in [7, 11) is 0. The minimum Gasteiger partial charge on any atom is -0.393 e. The highest BCUT2D eigenvalue weighted by atomic mass is 16.6. The molecule has 3 heteroatoms. The molecule has 0 aliphatic carbocycles. The fraction of sp³-hybridized carbons (Fsp3) is 0.200. The van der Waals surface area contributed by atoms with E-state index in [0.29, 0.717) is 0 Å². The highest BCUT2D eigenvalue weighted by molar-refractivity contribution is 5.97. The van der Waals surface area contributed by atoms with E-state index in [-0.39, 0.29) is 6.42 Å². The second-order valence-electron chi connectivity index (χ2n) is 2.96. The highest BCUT2D eigenvalue weighted by Gasteiger charge is 2.34. The maximum atomic E-state index is 11.1. The molecule has 0 spiro atoms. The number of benzene rings is 1. The van der Waals surface area contributed by atoms with Crippen LogP contribution in [0.3, 0.4) is 0 Å². The van der Waals surface area contributed by atoms with Gasteiger partial charge in [0.25, 0.3) is 0 Å². The molecule has 1 fully saturated rings. The molecule has 1 atom stereocenters. The third kappa shape index (κ3) is 1.45. The molecule has 1 aliphatic rings. The van der Waals surface area contributed by atoms with Gasteiger partial charge in [-0.3, -0.25) is 9.59 Å². The Morgan fingerprint density at radius 3 is 2.38 bits per heavy atom. The van der Waals surface area contributed by atoms with E-state index in [0.717, 1.165) is 5.56 Å². The first-order valence-corrected chi connectivity index (χ1v) is 4.07. The van der Waals surface area contributed by atoms with E-state index in [4.69, 9.17) is 0 Å². The van der Waals surface area contributed by atoms with Gasteiger partial charge < -0.3 is 4.74 Å². The zero-order valence-electron chi connectivity index (χ0n) is 6.90. The summed E-state index contributed by atoms with van der Waals surface area (Å²) in [6, 6.07) is 9.19. The van der Waals surface area contributed by atoms with Crippen LogP contribution in [0.1, 0.15) is 17.9 Å². The van der Waals surface area contributed by atoms with E-state index in [2.05, 4.69) is 4.74 Å². The molecule has 0 N–H and O–H groups in total. The molecule has 3 nitrogen and oxygen atoms in total. The summed E-state index contributed by atoms with van der Waals surface area (Å²) in [5.41, 5.74) is 0.846. The van der Waals surface area contributed by atoms with Crippen molar-refractivity contribution in [2.45, 2.75) is 12.3 Å². The summed E-state index contributed by atoms with van der Waals surface area (Å²) in [5.74, 6) is -1.26. The lowest BCUT2D eigenvalue weighted by molar-refractivity contribution is -0.152. The average Bonchev–Trinajstić information content (AvgIpc) is 2.47. The molecule has 0 unspecified atom stereocenters. The summed E-state index contributed by atoms with van der Waals surface area (Å²) in [6.45, 7) is 0. The molecule has 1 saturated heterocycles. The lowest BCUT2D eigenvalue weighted by atomic mass is 9.98. The van der Waals surface area contributed by atoms with Crippen LogP contribution in [-0.2, 0) is 14.3 Å². The Hall–Kier alpha value is -1.64. The number of hydrogen-bond acceptors (Lipinski definition) is 3. The Balaban J connectivity index is 2.28. The van der Waals surface area contributed by atoms with Crippen molar-refractivity contribution in [2.24, 2.45) is 0 Å². The van der Waals surface area contributed by atoms with Crippen LogP contribution in [0.25, 0.3) is 0 Å². The monoisotopic (exact) mass is 176 g/mol. The Kier molecular flexibility index (Phi) is 1.85. The molecule has 0 aromatic heterocycles. The number of carbonyl (C=O) groups excluding carboxylic acids is 2. The molecular formula is C10H8O3. The number of ether oxygens (including phenoxy) is 1. The Bertz CT molecular complexity index is 342. The highest BCUT2D eigenvalue weighted by Crippen LogP contribution is 2.26. The van der Waals surface area contributed by atoms with Gasteiger partial charge in [0.1, 0.15) is 0 Å². The second-order valence-corrected chi connectivity index (χ2v) is 2.96. The van der Waals surface area contributed by atoms with Crippen LogP contribution >= 0.6 is 0 Å². The number of esters is 2. The van der Waals surface area contributed by atoms with Crippen molar-refractivity contribution in [1.82, 2.24) is 0 Å². The van der Waals surface area contributed by atoms with E-state index in [9.17, 15) is 9.59 Å². The van der Waals surface area contributed by atoms with E-state index in [1.165, 1.54) is 0 Å². The first-order valence-electron chi connectivity index (χ1n) is 4.07. The largest absolute Gasteiger partial charge is 0.393 e. The Morgan fingerprint density at radius 2 is 1.85 bits per heavy atom. The van der Waals surface area contributed by atoms with E-state index in [1.807, 2.05) is 30.3 Å². The third-order valence-corrected chi connectivity index (χ3v) is 2.07. The minimum atomic E-state index is -0.434. The SMILES string of the molecule is O=C1C[C@H](c2ccccc2)C(=O)O1. The van der Waals surface area contributed by atoms with Gasteiger partial charge in [0, 0.05) is 0 Å². The first-order chi connectivity index (χ1) is 6.27. The van der Waals surface area contributed by atoms with E-state index >= 15 is 0 Å². The first kappa shape index (κ1) is 7.98. The van der Waals surface area contributed by atoms with Gasteiger partial charge in [-0.05, 0) is 5.56 Å². The van der Waals surface area contributed by atoms with Gasteiger partial charge in [0.2, 0.25) is 0 Å². The molecule has 13 heavy (non-hydrogen) atoms. The van der Waals surface area contributed by atoms with Crippen molar-refractivity contribution in [3.63, 3.8) is 0 Å². The zero-order valence-corrected chi connectivity index (χ0v) is 6.90. The predicted molar refractivity (Wildman–Crippen MR) is 44.9 cm³/mol. The molecule has 0 amide bonds. The summed E-state index contributed by atoms with van der Waals surface area (Å²) >= 11 is 0. The molecular weight excluding hydrogens is 168 g/mol. The van der Waals surface area contributed by atoms with Crippen molar-refractivity contribution in [3.05, 3.63) is 35.9 Å². The van der Waals surface area contributed by atoms with Gasteiger partial charge in [-0.2, -0.15) is 0 Å². The van der Waals surface area contributed by atoms with Crippen LogP contribution < -0.4 is 0 Å². The second kappa shape index (κ2) is 3.01. The molecule has 1 aliphatic heterocycles. The third-order valence-electron chi connectivity index (χ3n) is 2.07. The van der Waals surface area contributed by atoms with Crippen molar-refractivity contribution < 1.29 is 14.3 Å². The lowest BCUT2D eigenvalue weighted by Gasteiger charge is -2.02. The Labute approximate surface area is 75.3 Å². The topological polar surface area (TPSA) is 43.4 Å². The van der Waals surface area contributed by atoms with Crippen LogP contribution in [-0.4, -0.2) is 11.9 Å². The Morgan fingerprint density at radius 1 is 1.15 bits per heavy atom. The van der Waals surface area contributed by atoms with Crippen LogP contribution in [0.2, 0.25) is 0 Å². The number of cyclic esters (lactones) is 2. The average molecular weight is 176 g/mol. The van der Waals surface area contributed by atoms with Crippen LogP contribution in [0.4, 0.5) is 0 Å². The molecule has 2 rings (SSSR count). The van der Waals surface area contributed by atoms with Gasteiger partial charge in [-0.1, -0.05) is 30.3 Å². The van der Waals surface area contributed by atoms with E-state index in [1.54, 1.807) is 0 Å². The van der Waals surface area contributed by atoms with Gasteiger partial charge in [0.05, 0.1) is 12.3 Å². The summed E-state index contributed by atoms with van der Waals surface area (Å²) in [6.07, 6.45) is 0.169. The molecule has 0 radical (unpaired) electrons. The minimum absolute atomic E-state index is 0.169. The standard InChI is InChI=1S/C10H8O3/c11-9-6-8(10(12)13-9)7-4-2-1-3-5-7/h1-5,8H,6H2/t8-/m1/s1. The fourth-order valence-corrected chi connectivity index (χ4v) is 1.41.